The molecule has 0 fully saturated rings. The highest BCUT2D eigenvalue weighted by Gasteiger charge is 2.00. The van der Waals surface area contributed by atoms with Gasteiger partial charge in [0.15, 0.2) is 18.9 Å². The first-order chi connectivity index (χ1) is 3.42. The quantitative estimate of drug-likeness (QED) is 0.402. The molecule has 0 rings (SSSR count). The number of hydrogen-bond donors (Lipinski definition) is 2. The molecule has 0 aliphatic carbocycles. The summed E-state index contributed by atoms with van der Waals surface area (Å²) < 4.78 is 21.7. The number of hydrogen-bond acceptors (Lipinski definition) is 3. The summed E-state index contributed by atoms with van der Waals surface area (Å²) in [6.45, 7) is 0. The number of amides is 2. The highest BCUT2D eigenvalue weighted by Crippen LogP contribution is 1.66. The van der Waals surface area contributed by atoms with E-state index in [4.69, 9.17) is 0 Å². The van der Waals surface area contributed by atoms with E-state index in [1.807, 2.05) is 0 Å². The fourth-order valence-electron chi connectivity index (χ4n) is 0.183. The number of primary amides is 1. The second-order valence-corrected chi connectivity index (χ2v) is 6.21. The molecule has 0 bridgehead atoms. The predicted molar refractivity (Wildman–Crippen MR) is 31.6 cm³/mol. The molecule has 0 aromatic carbocycles. The summed E-state index contributed by atoms with van der Waals surface area (Å²) >= 11 is 0. The van der Waals surface area contributed by atoms with Gasteiger partial charge in [0.25, 0.3) is 0 Å². The lowest BCUT2D eigenvalue weighted by Gasteiger charge is -1.93. The van der Waals surface area contributed by atoms with Gasteiger partial charge in [0.1, 0.15) is 0 Å². The third-order valence-electron chi connectivity index (χ3n) is 0.286. The van der Waals surface area contributed by atoms with Crippen molar-refractivity contribution >= 4 is 24.9 Å². The molecule has 0 aromatic rings. The van der Waals surface area contributed by atoms with Crippen molar-refractivity contribution in [1.29, 1.82) is 0 Å². The number of carbonyl (C=O) groups is 1. The van der Waals surface area contributed by atoms with Gasteiger partial charge in [-0.15, -0.1) is 0 Å². The van der Waals surface area contributed by atoms with Gasteiger partial charge in [-0.25, -0.2) is 17.9 Å². The van der Waals surface area contributed by atoms with Crippen molar-refractivity contribution < 1.29 is 13.2 Å². The van der Waals surface area contributed by atoms with Crippen LogP contribution in [0.2, 0.25) is 0 Å². The van der Waals surface area contributed by atoms with E-state index in [-0.39, 0.29) is 9.39 Å². The van der Waals surface area contributed by atoms with E-state index in [1.54, 1.807) is 4.72 Å². The van der Waals surface area contributed by atoms with Crippen LogP contribution in [-0.2, 0) is 9.47 Å². The molecule has 5 nitrogen and oxygen atoms in total. The Morgan fingerprint density at radius 1 is 1.62 bits per heavy atom. The molecule has 7 heteroatoms. The standard InChI is InChI=1S/CH6N2O3SSi/c2-1(4)3-7(5,6)8/h8H3,(H3,2,3,4). The van der Waals surface area contributed by atoms with Gasteiger partial charge < -0.3 is 5.73 Å². The summed E-state index contributed by atoms with van der Waals surface area (Å²) in [5.41, 5.74) is 4.47. The predicted octanol–water partition coefficient (Wildman–Crippen LogP) is -2.74. The number of rotatable bonds is 1. The lowest BCUT2D eigenvalue weighted by Crippen LogP contribution is -2.34. The van der Waals surface area contributed by atoms with Crippen LogP contribution in [0.25, 0.3) is 0 Å². The molecule has 48 valence electrons. The topological polar surface area (TPSA) is 89.3 Å². The maximum Gasteiger partial charge on any atom is 0.325 e. The lowest BCUT2D eigenvalue weighted by molar-refractivity contribution is 0.253. The molecule has 2 amide bonds. The summed E-state index contributed by atoms with van der Waals surface area (Å²) in [6.07, 6.45) is 0. The Labute approximate surface area is 49.4 Å². The second-order valence-electron chi connectivity index (χ2n) is 1.24. The average Bonchev–Trinajstić information content (AvgIpc) is 1.21. The van der Waals surface area contributed by atoms with E-state index in [1.165, 1.54) is 0 Å². The third kappa shape index (κ3) is 5.44. The van der Waals surface area contributed by atoms with Gasteiger partial charge in [0.05, 0.1) is 0 Å². The van der Waals surface area contributed by atoms with Crippen molar-refractivity contribution in [2.45, 2.75) is 0 Å². The minimum Gasteiger partial charge on any atom is -0.351 e. The molecule has 0 saturated heterocycles. The smallest absolute Gasteiger partial charge is 0.325 e. The highest BCUT2D eigenvalue weighted by molar-refractivity contribution is 8.11. The van der Waals surface area contributed by atoms with E-state index in [0.29, 0.717) is 0 Å². The third-order valence-corrected chi connectivity index (χ3v) is 1.47. The van der Waals surface area contributed by atoms with Crippen LogP contribution in [0.3, 0.4) is 0 Å². The number of urea groups is 1. The van der Waals surface area contributed by atoms with Crippen molar-refractivity contribution in [3.8, 4) is 0 Å². The molecule has 0 aliphatic heterocycles. The molecule has 0 heterocycles. The summed E-state index contributed by atoms with van der Waals surface area (Å²) in [5, 5.41) is 0. The molecule has 0 aromatic heterocycles. The zero-order chi connectivity index (χ0) is 6.78. The minimum absolute atomic E-state index is 0.114. The monoisotopic (exact) mass is 154 g/mol. The Hall–Kier alpha value is -0.563. The molecular weight excluding hydrogens is 148 g/mol. The van der Waals surface area contributed by atoms with Crippen molar-refractivity contribution in [2.75, 3.05) is 0 Å². The Morgan fingerprint density at radius 2 is 2.00 bits per heavy atom. The fraction of sp³-hybridized carbons (Fsp3) is 0. The number of nitrogens with two attached hydrogens (primary N) is 1. The molecule has 0 radical (unpaired) electrons. The van der Waals surface area contributed by atoms with Crippen LogP contribution in [-0.4, -0.2) is 23.8 Å². The van der Waals surface area contributed by atoms with Crippen LogP contribution in [0.4, 0.5) is 4.79 Å². The van der Waals surface area contributed by atoms with Crippen LogP contribution in [0, 0.1) is 0 Å². The number of nitrogens with one attached hydrogen (secondary N) is 1. The summed E-state index contributed by atoms with van der Waals surface area (Å²) in [7, 11) is -3.42. The van der Waals surface area contributed by atoms with Gasteiger partial charge >= 0.3 is 6.03 Å². The first-order valence-corrected chi connectivity index (χ1v) is 6.03. The Morgan fingerprint density at radius 3 is 2.00 bits per heavy atom. The van der Waals surface area contributed by atoms with E-state index < -0.39 is 15.5 Å². The largest absolute Gasteiger partial charge is 0.351 e. The summed E-state index contributed by atoms with van der Waals surface area (Å²) in [5.74, 6) is 0. The summed E-state index contributed by atoms with van der Waals surface area (Å²) in [6, 6.07) is -1.03. The van der Waals surface area contributed by atoms with Gasteiger partial charge in [-0.2, -0.15) is 0 Å². The molecule has 0 unspecified atom stereocenters. The molecule has 0 saturated carbocycles. The highest BCUT2D eigenvalue weighted by atomic mass is 32.4. The first-order valence-electron chi connectivity index (χ1n) is 1.69. The molecule has 8 heavy (non-hydrogen) atoms. The van der Waals surface area contributed by atoms with Gasteiger partial charge in [0, 0.05) is 0 Å². The Bertz CT molecular complexity index is 183. The zero-order valence-corrected chi connectivity index (χ0v) is 7.03. The van der Waals surface area contributed by atoms with Crippen LogP contribution >= 0.6 is 0 Å². The molecular formula is CH6N2O3SSi. The van der Waals surface area contributed by atoms with Gasteiger partial charge in [0.2, 0.25) is 0 Å². The maximum absolute atomic E-state index is 10.1. The van der Waals surface area contributed by atoms with E-state index in [0.717, 1.165) is 0 Å². The number of carbonyl (C=O) groups excluding carboxylic acids is 1. The van der Waals surface area contributed by atoms with E-state index >= 15 is 0 Å². The van der Waals surface area contributed by atoms with Gasteiger partial charge in [-0.05, 0) is 0 Å². The van der Waals surface area contributed by atoms with Crippen molar-refractivity contribution in [3.63, 3.8) is 0 Å². The molecule has 0 spiro atoms. The van der Waals surface area contributed by atoms with Crippen molar-refractivity contribution in [2.24, 2.45) is 5.73 Å². The van der Waals surface area contributed by atoms with Crippen LogP contribution in [0.1, 0.15) is 0 Å². The normalized spacial score (nSPS) is 11.0. The van der Waals surface area contributed by atoms with Crippen LogP contribution in [0.15, 0.2) is 0 Å². The maximum atomic E-state index is 10.1. The van der Waals surface area contributed by atoms with Crippen molar-refractivity contribution in [3.05, 3.63) is 0 Å². The Kier molecular flexibility index (Phi) is 1.99. The first kappa shape index (κ1) is 7.44. The molecule has 0 atom stereocenters. The molecule has 3 N–H and O–H groups in total. The second kappa shape index (κ2) is 2.14. The van der Waals surface area contributed by atoms with Gasteiger partial charge in [-0.3, -0.25) is 0 Å². The summed E-state index contributed by atoms with van der Waals surface area (Å²) in [4.78, 5) is 9.77. The molecule has 0 aliphatic rings. The van der Waals surface area contributed by atoms with Crippen LogP contribution < -0.4 is 10.5 Å². The minimum atomic E-state index is -3.31. The zero-order valence-electron chi connectivity index (χ0n) is 4.21. The lowest BCUT2D eigenvalue weighted by atomic mass is 11.2. The average molecular weight is 154 g/mol. The SMILES string of the molecule is NC(=O)NS(=O)(=O)[SiH3]. The Balaban J connectivity index is 3.95. The fourth-order valence-corrected chi connectivity index (χ4v) is 1.15. The van der Waals surface area contributed by atoms with Gasteiger partial charge in [-0.1, -0.05) is 0 Å². The van der Waals surface area contributed by atoms with E-state index in [2.05, 4.69) is 5.73 Å². The van der Waals surface area contributed by atoms with Crippen LogP contribution in [0.5, 0.6) is 0 Å². The van der Waals surface area contributed by atoms with Crippen molar-refractivity contribution in [1.82, 2.24) is 4.72 Å². The van der Waals surface area contributed by atoms with E-state index in [9.17, 15) is 13.2 Å².